The lowest BCUT2D eigenvalue weighted by Crippen LogP contribution is -2.46. The van der Waals surface area contributed by atoms with Crippen molar-refractivity contribution in [2.75, 3.05) is 0 Å². The van der Waals surface area contributed by atoms with Gasteiger partial charge in [0.2, 0.25) is 0 Å². The zero-order valence-corrected chi connectivity index (χ0v) is 12.1. The highest BCUT2D eigenvalue weighted by atomic mass is 19.1. The fourth-order valence-electron chi connectivity index (χ4n) is 2.89. The van der Waals surface area contributed by atoms with E-state index in [0.29, 0.717) is 5.56 Å². The summed E-state index contributed by atoms with van der Waals surface area (Å²) in [4.78, 5) is 23.6. The van der Waals surface area contributed by atoms with Gasteiger partial charge in [-0.3, -0.25) is 4.79 Å². The Hall–Kier alpha value is -1.91. The Bertz CT molecular complexity index is 538. The lowest BCUT2D eigenvalue weighted by atomic mass is 9.84. The van der Waals surface area contributed by atoms with Crippen LogP contribution in [0, 0.1) is 18.7 Å². The van der Waals surface area contributed by atoms with Crippen molar-refractivity contribution in [2.24, 2.45) is 5.92 Å². The molecule has 1 fully saturated rings. The summed E-state index contributed by atoms with van der Waals surface area (Å²) < 4.78 is 13.9. The average Bonchev–Trinajstić information content (AvgIpc) is 2.48. The predicted molar refractivity (Wildman–Crippen MR) is 76.6 cm³/mol. The van der Waals surface area contributed by atoms with Crippen molar-refractivity contribution in [3.05, 3.63) is 35.1 Å². The molecule has 1 unspecified atom stereocenters. The average molecular weight is 293 g/mol. The smallest absolute Gasteiger partial charge is 0.326 e. The third-order valence-corrected chi connectivity index (χ3v) is 4.11. The van der Waals surface area contributed by atoms with E-state index in [1.165, 1.54) is 6.07 Å². The Morgan fingerprint density at radius 3 is 2.57 bits per heavy atom. The first kappa shape index (κ1) is 15.5. The van der Waals surface area contributed by atoms with Gasteiger partial charge in [-0.15, -0.1) is 0 Å². The number of nitrogens with one attached hydrogen (secondary N) is 1. The number of halogens is 1. The van der Waals surface area contributed by atoms with Crippen LogP contribution in [0.25, 0.3) is 0 Å². The second kappa shape index (κ2) is 6.70. The summed E-state index contributed by atoms with van der Waals surface area (Å²) in [6.45, 7) is 1.57. The normalized spacial score (nSPS) is 17.2. The van der Waals surface area contributed by atoms with E-state index in [0.717, 1.165) is 32.1 Å². The number of hydrogen-bond donors (Lipinski definition) is 2. The van der Waals surface area contributed by atoms with Gasteiger partial charge in [-0.25, -0.2) is 9.18 Å². The van der Waals surface area contributed by atoms with Crippen LogP contribution >= 0.6 is 0 Å². The molecule has 0 aromatic heterocycles. The maximum absolute atomic E-state index is 13.9. The summed E-state index contributed by atoms with van der Waals surface area (Å²) in [5, 5.41) is 11.8. The van der Waals surface area contributed by atoms with E-state index in [9.17, 15) is 19.1 Å². The number of hydrogen-bond acceptors (Lipinski definition) is 2. The molecule has 0 radical (unpaired) electrons. The predicted octanol–water partition coefficient (Wildman–Crippen LogP) is 2.90. The standard InChI is InChI=1S/C16H20FNO3/c1-10-6-5-9-12(13(10)17)15(19)18-14(16(20)21)11-7-3-2-4-8-11/h5-6,9,11,14H,2-4,7-8H2,1H3,(H,18,19)(H,20,21). The van der Waals surface area contributed by atoms with Crippen LogP contribution in [-0.4, -0.2) is 23.0 Å². The van der Waals surface area contributed by atoms with Gasteiger partial charge in [0, 0.05) is 0 Å². The Kier molecular flexibility index (Phi) is 4.94. The fourth-order valence-corrected chi connectivity index (χ4v) is 2.89. The molecule has 0 aliphatic heterocycles. The molecule has 1 atom stereocenters. The van der Waals surface area contributed by atoms with Gasteiger partial charge in [-0.2, -0.15) is 0 Å². The zero-order valence-electron chi connectivity index (χ0n) is 12.1. The number of carboxylic acid groups (broad SMARTS) is 1. The molecule has 1 amide bonds. The summed E-state index contributed by atoms with van der Waals surface area (Å²) in [7, 11) is 0. The summed E-state index contributed by atoms with van der Waals surface area (Å²) in [6, 6.07) is 3.58. The molecule has 2 rings (SSSR count). The molecule has 1 aromatic rings. The minimum Gasteiger partial charge on any atom is -0.480 e. The van der Waals surface area contributed by atoms with Crippen molar-refractivity contribution in [1.82, 2.24) is 5.32 Å². The molecule has 2 N–H and O–H groups in total. The zero-order chi connectivity index (χ0) is 15.4. The minimum atomic E-state index is -1.05. The second-order valence-electron chi connectivity index (χ2n) is 5.62. The Balaban J connectivity index is 2.14. The van der Waals surface area contributed by atoms with Crippen LogP contribution in [-0.2, 0) is 4.79 Å². The maximum atomic E-state index is 13.9. The van der Waals surface area contributed by atoms with Gasteiger partial charge in [0.1, 0.15) is 11.9 Å². The van der Waals surface area contributed by atoms with Crippen molar-refractivity contribution < 1.29 is 19.1 Å². The van der Waals surface area contributed by atoms with Crippen molar-refractivity contribution in [1.29, 1.82) is 0 Å². The van der Waals surface area contributed by atoms with E-state index in [1.54, 1.807) is 19.1 Å². The van der Waals surface area contributed by atoms with Gasteiger partial charge in [-0.05, 0) is 37.3 Å². The highest BCUT2D eigenvalue weighted by Gasteiger charge is 2.31. The highest BCUT2D eigenvalue weighted by Crippen LogP contribution is 2.27. The Morgan fingerprint density at radius 2 is 1.95 bits per heavy atom. The van der Waals surface area contributed by atoms with E-state index in [1.807, 2.05) is 0 Å². The van der Waals surface area contributed by atoms with Crippen LogP contribution in [0.2, 0.25) is 0 Å². The van der Waals surface area contributed by atoms with E-state index in [4.69, 9.17) is 0 Å². The highest BCUT2D eigenvalue weighted by molar-refractivity contribution is 5.97. The molecule has 21 heavy (non-hydrogen) atoms. The number of rotatable bonds is 4. The molecule has 4 nitrogen and oxygen atoms in total. The lowest BCUT2D eigenvalue weighted by Gasteiger charge is -2.28. The number of carboxylic acids is 1. The molecular formula is C16H20FNO3. The number of carbonyl (C=O) groups is 2. The van der Waals surface area contributed by atoms with Crippen LogP contribution in [0.1, 0.15) is 48.0 Å². The molecule has 1 aliphatic carbocycles. The van der Waals surface area contributed by atoms with Crippen molar-refractivity contribution in [3.8, 4) is 0 Å². The number of benzene rings is 1. The molecule has 0 bridgehead atoms. The number of aliphatic carboxylic acids is 1. The van der Waals surface area contributed by atoms with E-state index >= 15 is 0 Å². The number of aryl methyl sites for hydroxylation is 1. The molecule has 0 heterocycles. The van der Waals surface area contributed by atoms with Crippen molar-refractivity contribution in [3.63, 3.8) is 0 Å². The molecule has 0 spiro atoms. The van der Waals surface area contributed by atoms with Gasteiger partial charge < -0.3 is 10.4 Å². The van der Waals surface area contributed by atoms with Crippen LogP contribution in [0.15, 0.2) is 18.2 Å². The largest absolute Gasteiger partial charge is 0.480 e. The first-order chi connectivity index (χ1) is 10.0. The van der Waals surface area contributed by atoms with Gasteiger partial charge in [0.25, 0.3) is 5.91 Å². The summed E-state index contributed by atoms with van der Waals surface area (Å²) in [6.07, 6.45) is 4.62. The van der Waals surface area contributed by atoms with E-state index < -0.39 is 23.7 Å². The van der Waals surface area contributed by atoms with Gasteiger partial charge in [-0.1, -0.05) is 31.4 Å². The molecule has 1 saturated carbocycles. The summed E-state index contributed by atoms with van der Waals surface area (Å²) in [5.41, 5.74) is 0.268. The molecule has 0 saturated heterocycles. The van der Waals surface area contributed by atoms with Crippen LogP contribution in [0.5, 0.6) is 0 Å². The van der Waals surface area contributed by atoms with Crippen LogP contribution < -0.4 is 5.32 Å². The SMILES string of the molecule is Cc1cccc(C(=O)NC(C(=O)O)C2CCCCC2)c1F. The topological polar surface area (TPSA) is 66.4 Å². The van der Waals surface area contributed by atoms with Gasteiger partial charge in [0.05, 0.1) is 5.56 Å². The quantitative estimate of drug-likeness (QED) is 0.897. The third-order valence-electron chi connectivity index (χ3n) is 4.11. The minimum absolute atomic E-state index is 0.0759. The number of amides is 1. The van der Waals surface area contributed by atoms with Crippen molar-refractivity contribution >= 4 is 11.9 Å². The Labute approximate surface area is 123 Å². The Morgan fingerprint density at radius 1 is 1.29 bits per heavy atom. The van der Waals surface area contributed by atoms with Crippen molar-refractivity contribution in [2.45, 2.75) is 45.1 Å². The first-order valence-electron chi connectivity index (χ1n) is 7.29. The maximum Gasteiger partial charge on any atom is 0.326 e. The number of carbonyl (C=O) groups excluding carboxylic acids is 1. The fraction of sp³-hybridized carbons (Fsp3) is 0.500. The van der Waals surface area contributed by atoms with E-state index in [-0.39, 0.29) is 11.5 Å². The molecule has 5 heteroatoms. The van der Waals surface area contributed by atoms with Gasteiger partial charge in [0.15, 0.2) is 0 Å². The molecular weight excluding hydrogens is 273 g/mol. The first-order valence-corrected chi connectivity index (χ1v) is 7.29. The molecule has 114 valence electrons. The monoisotopic (exact) mass is 293 g/mol. The van der Waals surface area contributed by atoms with E-state index in [2.05, 4.69) is 5.32 Å². The molecule has 1 aliphatic rings. The third kappa shape index (κ3) is 3.60. The summed E-state index contributed by atoms with van der Waals surface area (Å²) in [5.74, 6) is -2.38. The van der Waals surface area contributed by atoms with Gasteiger partial charge >= 0.3 is 5.97 Å². The second-order valence-corrected chi connectivity index (χ2v) is 5.62. The lowest BCUT2D eigenvalue weighted by molar-refractivity contribution is -0.141. The van der Waals surface area contributed by atoms with Crippen LogP contribution in [0.3, 0.4) is 0 Å². The summed E-state index contributed by atoms with van der Waals surface area (Å²) >= 11 is 0. The molecule has 1 aromatic carbocycles. The van der Waals surface area contributed by atoms with Crippen LogP contribution in [0.4, 0.5) is 4.39 Å².